The molecule has 6 aliphatic rings. The van der Waals surface area contributed by atoms with Gasteiger partial charge in [0, 0.05) is 17.5 Å². The third kappa shape index (κ3) is 4.48. The molecule has 0 aromatic heterocycles. The maximum atomic E-state index is 12.9. The second kappa shape index (κ2) is 10.6. The van der Waals surface area contributed by atoms with Crippen molar-refractivity contribution in [1.82, 2.24) is 10.6 Å². The second-order valence-corrected chi connectivity index (χ2v) is 11.7. The molecule has 14 nitrogen and oxygen atoms in total. The summed E-state index contributed by atoms with van der Waals surface area (Å²) in [6.07, 6.45) is 9.17. The summed E-state index contributed by atoms with van der Waals surface area (Å²) in [6, 6.07) is 1.78. The Morgan fingerprint density at radius 3 is 3.00 bits per heavy atom. The number of nitrogens with one attached hydrogen (secondary N) is 5. The van der Waals surface area contributed by atoms with Gasteiger partial charge in [-0.3, -0.25) is 20.8 Å². The molecule has 5 aliphatic heterocycles. The summed E-state index contributed by atoms with van der Waals surface area (Å²) in [6.45, 7) is 4.51. The number of rotatable bonds is 6. The molecule has 0 radical (unpaired) electrons. The molecular weight excluding hydrogens is 570 g/mol. The van der Waals surface area contributed by atoms with Gasteiger partial charge in [0.1, 0.15) is 36.1 Å². The number of carbonyl (C=O) groups excluding carboxylic acids is 2. The molecule has 0 bridgehead atoms. The van der Waals surface area contributed by atoms with Crippen LogP contribution in [-0.4, -0.2) is 79.4 Å². The molecule has 1 fully saturated rings. The lowest BCUT2D eigenvalue weighted by Crippen LogP contribution is -3.36. The molecule has 1 aromatic carbocycles. The van der Waals surface area contributed by atoms with Crippen molar-refractivity contribution >= 4 is 35.0 Å². The molecule has 6 N–H and O–H groups in total. The minimum Gasteiger partial charge on any atom is -0.496 e. The lowest BCUT2D eigenvalue weighted by Gasteiger charge is -2.37. The molecule has 1 amide bonds. The van der Waals surface area contributed by atoms with E-state index in [4.69, 9.17) is 24.4 Å². The van der Waals surface area contributed by atoms with E-state index in [1.165, 1.54) is 0 Å². The molecule has 14 heteroatoms. The first-order valence-electron chi connectivity index (χ1n) is 14.8. The number of aliphatic imine (C=N–C) groups is 2. The quantitative estimate of drug-likeness (QED) is 0.217. The third-order valence-electron chi connectivity index (χ3n) is 8.97. The van der Waals surface area contributed by atoms with Crippen LogP contribution in [0.4, 0.5) is 0 Å². The fourth-order valence-corrected chi connectivity index (χ4v) is 7.01. The fourth-order valence-electron chi connectivity index (χ4n) is 7.01. The molecule has 5 heterocycles. The molecule has 1 saturated carbocycles. The summed E-state index contributed by atoms with van der Waals surface area (Å²) in [5.41, 5.74) is 1.56. The first-order valence-corrected chi connectivity index (χ1v) is 14.8. The molecular formula is C30H35N7O7+2. The monoisotopic (exact) mass is 605 g/mol. The number of amidine groups is 1. The van der Waals surface area contributed by atoms with E-state index < -0.39 is 23.6 Å². The molecule has 6 unspecified atom stereocenters. The number of fused-ring (bicyclic) bond motifs is 5. The van der Waals surface area contributed by atoms with Crippen molar-refractivity contribution in [3.8, 4) is 17.2 Å². The predicted molar refractivity (Wildman–Crippen MR) is 156 cm³/mol. The standard InChI is InChI=1S/C30H33N7O7/c1-4-42-27(39)19-12-15(7-10-36-11-9-32-29(36)37-14-33-22-25(37)34-28(31)35-26(22)38)20-17(43-19)13-18-21(23(20)41-3)16-6-5-8-30(2,40)24(16)44-18/h7,9,11-13,16,24,29,32,40H,4-6,8,10,14H2,1-3H3,(H2,31,35,38)/p+2. The van der Waals surface area contributed by atoms with Gasteiger partial charge in [0.25, 0.3) is 11.7 Å². The zero-order valence-corrected chi connectivity index (χ0v) is 24.7. The number of methoxy groups -OCH3 is 1. The van der Waals surface area contributed by atoms with E-state index in [1.807, 2.05) is 25.4 Å². The van der Waals surface area contributed by atoms with Gasteiger partial charge in [0.2, 0.25) is 17.4 Å². The normalized spacial score (nSPS) is 32.1. The largest absolute Gasteiger partial charge is 0.496 e. The number of hydrogen-bond acceptors (Lipinski definition) is 10. The SMILES string of the molecule is CCOC(=O)C1=CC(=CC[NH+]2C=CNC2[NH+]2CN=C3C(=O)NC(=N)N=C32)c2c(cc3c(c2OC)C2CCCC(C)(O)C2O3)O1. The lowest BCUT2D eigenvalue weighted by molar-refractivity contribution is -1.05. The Labute approximate surface area is 253 Å². The average Bonchev–Trinajstić information content (AvgIpc) is 3.72. The van der Waals surface area contributed by atoms with Crippen molar-refractivity contribution in [2.24, 2.45) is 9.98 Å². The van der Waals surface area contributed by atoms with Gasteiger partial charge >= 0.3 is 12.3 Å². The minimum atomic E-state index is -0.988. The van der Waals surface area contributed by atoms with Gasteiger partial charge in [-0.1, -0.05) is 0 Å². The zero-order valence-electron chi connectivity index (χ0n) is 24.7. The first kappa shape index (κ1) is 28.3. The van der Waals surface area contributed by atoms with Gasteiger partial charge in [-0.05, 0) is 50.8 Å². The van der Waals surface area contributed by atoms with Crippen LogP contribution < -0.4 is 34.6 Å². The number of allylic oxidation sites excluding steroid dienone is 2. The van der Waals surface area contributed by atoms with E-state index in [-0.39, 0.29) is 36.2 Å². The van der Waals surface area contributed by atoms with Crippen LogP contribution in [0.15, 0.2) is 46.4 Å². The zero-order chi connectivity index (χ0) is 30.7. The third-order valence-corrected chi connectivity index (χ3v) is 8.97. The lowest BCUT2D eigenvalue weighted by atomic mass is 9.74. The number of aliphatic hydroxyl groups is 1. The Balaban J connectivity index is 1.25. The molecule has 1 aromatic rings. The van der Waals surface area contributed by atoms with Crippen molar-refractivity contribution in [1.29, 1.82) is 5.41 Å². The number of carbonyl (C=O) groups is 2. The van der Waals surface area contributed by atoms with Crippen LogP contribution >= 0.6 is 0 Å². The first-order chi connectivity index (χ1) is 21.2. The number of amides is 1. The van der Waals surface area contributed by atoms with Crippen molar-refractivity contribution in [3.63, 3.8) is 0 Å². The van der Waals surface area contributed by atoms with Crippen LogP contribution in [0, 0.1) is 5.41 Å². The average molecular weight is 606 g/mol. The van der Waals surface area contributed by atoms with Crippen LogP contribution in [0.25, 0.3) is 5.57 Å². The van der Waals surface area contributed by atoms with Crippen molar-refractivity contribution in [2.45, 2.75) is 57.0 Å². The smallest absolute Gasteiger partial charge is 0.374 e. The summed E-state index contributed by atoms with van der Waals surface area (Å²) < 4.78 is 23.7. The number of nitrogens with zero attached hydrogens (tertiary/aromatic N) is 2. The van der Waals surface area contributed by atoms with Gasteiger partial charge in [-0.25, -0.2) is 14.7 Å². The molecule has 44 heavy (non-hydrogen) atoms. The molecule has 7 rings (SSSR count). The van der Waals surface area contributed by atoms with Gasteiger partial charge in [0.15, 0.2) is 6.67 Å². The van der Waals surface area contributed by atoms with E-state index in [2.05, 4.69) is 20.6 Å². The number of benzene rings is 1. The fraction of sp³-hybridized carbons (Fsp3) is 0.433. The van der Waals surface area contributed by atoms with Crippen molar-refractivity contribution in [3.05, 3.63) is 47.5 Å². The Morgan fingerprint density at radius 2 is 2.20 bits per heavy atom. The number of hydrogen-bond donors (Lipinski definition) is 6. The topological polar surface area (TPSA) is 173 Å². The van der Waals surface area contributed by atoms with Crippen LogP contribution in [0.3, 0.4) is 0 Å². The summed E-state index contributed by atoms with van der Waals surface area (Å²) in [5.74, 6) is 0.783. The molecule has 6 atom stereocenters. The summed E-state index contributed by atoms with van der Waals surface area (Å²) in [7, 11) is 1.60. The molecule has 0 saturated heterocycles. The summed E-state index contributed by atoms with van der Waals surface area (Å²) in [4.78, 5) is 35.7. The Bertz CT molecular complexity index is 1630. The number of esters is 1. The van der Waals surface area contributed by atoms with Gasteiger partial charge in [-0.2, -0.15) is 9.89 Å². The number of ether oxygens (including phenoxy) is 4. The highest BCUT2D eigenvalue weighted by Gasteiger charge is 2.51. The highest BCUT2D eigenvalue weighted by molar-refractivity contribution is 6.68. The van der Waals surface area contributed by atoms with E-state index in [1.54, 1.807) is 26.2 Å². The maximum Gasteiger partial charge on any atom is 0.374 e. The Morgan fingerprint density at radius 1 is 1.36 bits per heavy atom. The van der Waals surface area contributed by atoms with E-state index in [9.17, 15) is 14.7 Å². The van der Waals surface area contributed by atoms with Crippen LogP contribution in [-0.2, 0) is 14.3 Å². The predicted octanol–water partition coefficient (Wildman–Crippen LogP) is -1.30. The number of guanidine groups is 1. The van der Waals surface area contributed by atoms with Crippen molar-refractivity contribution in [2.75, 3.05) is 26.9 Å². The van der Waals surface area contributed by atoms with E-state index in [0.717, 1.165) is 33.8 Å². The van der Waals surface area contributed by atoms with Gasteiger partial charge in [0.05, 0.1) is 31.1 Å². The van der Waals surface area contributed by atoms with Gasteiger partial charge < -0.3 is 24.1 Å². The van der Waals surface area contributed by atoms with E-state index in [0.29, 0.717) is 48.3 Å². The highest BCUT2D eigenvalue weighted by atomic mass is 16.6. The molecule has 1 aliphatic carbocycles. The van der Waals surface area contributed by atoms with Crippen molar-refractivity contribution < 1.29 is 43.4 Å². The summed E-state index contributed by atoms with van der Waals surface area (Å²) >= 11 is 0. The Hall–Kier alpha value is -4.53. The maximum absolute atomic E-state index is 12.9. The highest BCUT2D eigenvalue weighted by Crippen LogP contribution is 2.57. The number of quaternary nitrogens is 2. The Kier molecular flexibility index (Phi) is 6.79. The summed E-state index contributed by atoms with van der Waals surface area (Å²) in [5, 5.41) is 24.8. The van der Waals surface area contributed by atoms with Crippen LogP contribution in [0.2, 0.25) is 0 Å². The van der Waals surface area contributed by atoms with Crippen LogP contribution in [0.5, 0.6) is 17.2 Å². The molecule has 0 spiro atoms. The second-order valence-electron chi connectivity index (χ2n) is 11.7. The van der Waals surface area contributed by atoms with E-state index >= 15 is 0 Å². The molecule has 230 valence electrons. The minimum absolute atomic E-state index is 0.0425. The van der Waals surface area contributed by atoms with Gasteiger partial charge in [-0.15, -0.1) is 0 Å². The van der Waals surface area contributed by atoms with Crippen LogP contribution in [0.1, 0.15) is 50.2 Å².